The maximum atomic E-state index is 11.4. The van der Waals surface area contributed by atoms with Gasteiger partial charge in [0.25, 0.3) is 0 Å². The highest BCUT2D eigenvalue weighted by Crippen LogP contribution is 2.48. The largest absolute Gasteiger partial charge is 0.481 e. The molecule has 1 aliphatic rings. The maximum absolute atomic E-state index is 11.4. The number of aromatic amines is 1. The average Bonchev–Trinajstić information content (AvgIpc) is 3.19. The van der Waals surface area contributed by atoms with Gasteiger partial charge in [-0.1, -0.05) is 30.3 Å². The SMILES string of the molecule is O=C(O)C1(c2ccc(-c3ccc4[nH]ccc4c3)cc2)CC1. The molecule has 1 saturated carbocycles. The lowest BCUT2D eigenvalue weighted by Crippen LogP contribution is -2.19. The summed E-state index contributed by atoms with van der Waals surface area (Å²) in [6.07, 6.45) is 3.43. The van der Waals surface area contributed by atoms with E-state index in [9.17, 15) is 9.90 Å². The van der Waals surface area contributed by atoms with Gasteiger partial charge in [0.2, 0.25) is 0 Å². The Kier molecular flexibility index (Phi) is 2.45. The summed E-state index contributed by atoms with van der Waals surface area (Å²) in [5.41, 5.74) is 3.68. The second kappa shape index (κ2) is 4.22. The third kappa shape index (κ3) is 1.85. The fraction of sp³-hybridized carbons (Fsp3) is 0.167. The number of rotatable bonds is 3. The van der Waals surface area contributed by atoms with E-state index in [0.29, 0.717) is 0 Å². The van der Waals surface area contributed by atoms with Crippen molar-refractivity contribution < 1.29 is 9.90 Å². The molecule has 104 valence electrons. The lowest BCUT2D eigenvalue weighted by molar-refractivity contribution is -0.140. The number of carboxylic acids is 1. The van der Waals surface area contributed by atoms with Crippen molar-refractivity contribution in [3.63, 3.8) is 0 Å². The number of hydrogen-bond donors (Lipinski definition) is 2. The zero-order chi connectivity index (χ0) is 14.4. The van der Waals surface area contributed by atoms with Crippen molar-refractivity contribution in [2.45, 2.75) is 18.3 Å². The fourth-order valence-corrected chi connectivity index (χ4v) is 2.97. The molecule has 0 bridgehead atoms. The number of H-pyrrole nitrogens is 1. The van der Waals surface area contributed by atoms with Crippen molar-refractivity contribution in [1.29, 1.82) is 0 Å². The number of aliphatic carboxylic acids is 1. The highest BCUT2D eigenvalue weighted by atomic mass is 16.4. The van der Waals surface area contributed by atoms with E-state index in [1.165, 1.54) is 5.39 Å². The molecule has 0 atom stereocenters. The molecule has 0 aliphatic heterocycles. The lowest BCUT2D eigenvalue weighted by Gasteiger charge is -2.11. The van der Waals surface area contributed by atoms with Crippen LogP contribution in [0.4, 0.5) is 0 Å². The van der Waals surface area contributed by atoms with E-state index in [2.05, 4.69) is 29.2 Å². The van der Waals surface area contributed by atoms with Crippen molar-refractivity contribution in [2.75, 3.05) is 0 Å². The van der Waals surface area contributed by atoms with Crippen LogP contribution in [0.15, 0.2) is 54.7 Å². The molecule has 3 nitrogen and oxygen atoms in total. The summed E-state index contributed by atoms with van der Waals surface area (Å²) in [4.78, 5) is 14.5. The van der Waals surface area contributed by atoms with Gasteiger partial charge in [-0.05, 0) is 53.1 Å². The van der Waals surface area contributed by atoms with Crippen LogP contribution < -0.4 is 0 Å². The van der Waals surface area contributed by atoms with Crippen LogP contribution in [-0.2, 0) is 10.2 Å². The average molecular weight is 277 g/mol. The van der Waals surface area contributed by atoms with Crippen LogP contribution in [0, 0.1) is 0 Å². The first-order valence-corrected chi connectivity index (χ1v) is 7.10. The Morgan fingerprint density at radius 1 is 1.00 bits per heavy atom. The van der Waals surface area contributed by atoms with Gasteiger partial charge < -0.3 is 10.1 Å². The fourth-order valence-electron chi connectivity index (χ4n) is 2.97. The third-order valence-corrected chi connectivity index (χ3v) is 4.48. The Bertz CT molecular complexity index is 826. The van der Waals surface area contributed by atoms with Gasteiger partial charge >= 0.3 is 5.97 Å². The van der Waals surface area contributed by atoms with E-state index in [4.69, 9.17) is 0 Å². The Morgan fingerprint density at radius 2 is 1.71 bits per heavy atom. The molecule has 2 N–H and O–H groups in total. The monoisotopic (exact) mass is 277 g/mol. The molecule has 2 aromatic carbocycles. The predicted octanol–water partition coefficient (Wildman–Crippen LogP) is 3.95. The molecule has 0 saturated heterocycles. The molecule has 0 amide bonds. The number of fused-ring (bicyclic) bond motifs is 1. The number of aromatic nitrogens is 1. The van der Waals surface area contributed by atoms with Gasteiger partial charge in [-0.15, -0.1) is 0 Å². The maximum Gasteiger partial charge on any atom is 0.314 e. The van der Waals surface area contributed by atoms with E-state index in [1.54, 1.807) is 0 Å². The van der Waals surface area contributed by atoms with E-state index >= 15 is 0 Å². The Labute approximate surface area is 122 Å². The van der Waals surface area contributed by atoms with Crippen molar-refractivity contribution in [1.82, 2.24) is 4.98 Å². The second-order valence-corrected chi connectivity index (χ2v) is 5.74. The minimum Gasteiger partial charge on any atom is -0.481 e. The van der Waals surface area contributed by atoms with E-state index in [-0.39, 0.29) is 0 Å². The normalized spacial score (nSPS) is 16.0. The van der Waals surface area contributed by atoms with E-state index < -0.39 is 11.4 Å². The Hall–Kier alpha value is -2.55. The number of hydrogen-bond acceptors (Lipinski definition) is 1. The minimum atomic E-state index is -0.705. The van der Waals surface area contributed by atoms with Crippen molar-refractivity contribution in [3.8, 4) is 11.1 Å². The molecule has 0 unspecified atom stereocenters. The van der Waals surface area contributed by atoms with Gasteiger partial charge in [0.1, 0.15) is 0 Å². The molecule has 3 aromatic rings. The minimum absolute atomic E-state index is 0.622. The number of carboxylic acid groups (broad SMARTS) is 1. The van der Waals surface area contributed by atoms with Crippen molar-refractivity contribution in [2.24, 2.45) is 0 Å². The number of benzene rings is 2. The first-order valence-electron chi connectivity index (χ1n) is 7.10. The molecular weight excluding hydrogens is 262 g/mol. The van der Waals surface area contributed by atoms with Crippen molar-refractivity contribution >= 4 is 16.9 Å². The van der Waals surface area contributed by atoms with Crippen LogP contribution in [0.2, 0.25) is 0 Å². The van der Waals surface area contributed by atoms with Crippen LogP contribution in [0.25, 0.3) is 22.0 Å². The van der Waals surface area contributed by atoms with Crippen LogP contribution in [0.3, 0.4) is 0 Å². The molecule has 1 heterocycles. The molecule has 1 aliphatic carbocycles. The van der Waals surface area contributed by atoms with Gasteiger partial charge in [-0.25, -0.2) is 0 Å². The Morgan fingerprint density at radius 3 is 2.38 bits per heavy atom. The zero-order valence-corrected chi connectivity index (χ0v) is 11.5. The molecule has 21 heavy (non-hydrogen) atoms. The topological polar surface area (TPSA) is 53.1 Å². The highest BCUT2D eigenvalue weighted by Gasteiger charge is 2.51. The van der Waals surface area contributed by atoms with Gasteiger partial charge in [-0.2, -0.15) is 0 Å². The van der Waals surface area contributed by atoms with Crippen LogP contribution in [0.5, 0.6) is 0 Å². The molecule has 1 aromatic heterocycles. The van der Waals surface area contributed by atoms with Crippen molar-refractivity contribution in [3.05, 3.63) is 60.3 Å². The van der Waals surface area contributed by atoms with Gasteiger partial charge in [0.05, 0.1) is 5.41 Å². The summed E-state index contributed by atoms with van der Waals surface area (Å²) in [6, 6.07) is 16.3. The third-order valence-electron chi connectivity index (χ3n) is 4.48. The lowest BCUT2D eigenvalue weighted by atomic mass is 9.93. The van der Waals surface area contributed by atoms with Crippen LogP contribution in [-0.4, -0.2) is 16.1 Å². The Balaban J connectivity index is 1.71. The standard InChI is InChI=1S/C18H15NO2/c20-17(21)18(8-9-18)15-4-1-12(2-5-15)13-3-6-16-14(11-13)7-10-19-16/h1-7,10-11,19H,8-9H2,(H,20,21). The number of carbonyl (C=O) groups is 1. The molecule has 0 spiro atoms. The van der Waals surface area contributed by atoms with E-state index in [0.717, 1.165) is 35.0 Å². The molecule has 1 fully saturated rings. The van der Waals surface area contributed by atoms with Gasteiger partial charge in [0.15, 0.2) is 0 Å². The quantitative estimate of drug-likeness (QED) is 0.761. The molecular formula is C18H15NO2. The first-order chi connectivity index (χ1) is 10.2. The first kappa shape index (κ1) is 12.2. The summed E-state index contributed by atoms with van der Waals surface area (Å²) >= 11 is 0. The second-order valence-electron chi connectivity index (χ2n) is 5.74. The summed E-state index contributed by atoms with van der Waals surface area (Å²) in [5.74, 6) is -0.705. The zero-order valence-electron chi connectivity index (χ0n) is 11.5. The summed E-state index contributed by atoms with van der Waals surface area (Å²) in [7, 11) is 0. The van der Waals surface area contributed by atoms with Crippen LogP contribution >= 0.6 is 0 Å². The molecule has 4 rings (SSSR count). The van der Waals surface area contributed by atoms with Crippen LogP contribution in [0.1, 0.15) is 18.4 Å². The van der Waals surface area contributed by atoms with Gasteiger partial charge in [0, 0.05) is 11.7 Å². The summed E-state index contributed by atoms with van der Waals surface area (Å²) in [6.45, 7) is 0. The highest BCUT2D eigenvalue weighted by molar-refractivity contribution is 5.86. The van der Waals surface area contributed by atoms with E-state index in [1.807, 2.05) is 30.5 Å². The summed E-state index contributed by atoms with van der Waals surface area (Å²) < 4.78 is 0. The smallest absolute Gasteiger partial charge is 0.314 e. The summed E-state index contributed by atoms with van der Waals surface area (Å²) in [5, 5.41) is 10.5. The predicted molar refractivity (Wildman–Crippen MR) is 82.3 cm³/mol. The molecule has 0 radical (unpaired) electrons. The number of nitrogens with one attached hydrogen (secondary N) is 1. The molecule has 3 heteroatoms. The van der Waals surface area contributed by atoms with Gasteiger partial charge in [-0.3, -0.25) is 4.79 Å².